The van der Waals surface area contributed by atoms with E-state index in [1.165, 1.54) is 14.1 Å². The van der Waals surface area contributed by atoms with Crippen LogP contribution >= 0.6 is 0 Å². The zero-order chi connectivity index (χ0) is 18.4. The number of hydrogen-bond donors (Lipinski definition) is 1. The van der Waals surface area contributed by atoms with E-state index in [-0.39, 0.29) is 23.8 Å². The Morgan fingerprint density at radius 2 is 1.72 bits per heavy atom. The van der Waals surface area contributed by atoms with Crippen LogP contribution in [-0.4, -0.2) is 39.8 Å². The number of methoxy groups -OCH3 is 1. The third-order valence-electron chi connectivity index (χ3n) is 3.73. The topological polar surface area (TPSA) is 75.7 Å². The van der Waals surface area contributed by atoms with Crippen LogP contribution in [0, 0.1) is 0 Å². The van der Waals surface area contributed by atoms with Gasteiger partial charge in [0.25, 0.3) is 0 Å². The molecule has 0 saturated carbocycles. The number of sulfonamides is 1. The zero-order valence-corrected chi connectivity index (χ0v) is 15.3. The number of carbonyl (C=O) groups is 1. The molecule has 1 amide bonds. The van der Waals surface area contributed by atoms with Crippen molar-refractivity contribution in [2.24, 2.45) is 0 Å². The number of rotatable bonds is 7. The summed E-state index contributed by atoms with van der Waals surface area (Å²) in [6.45, 7) is 0.151. The second kappa shape index (κ2) is 8.13. The molecule has 0 aromatic heterocycles. The van der Waals surface area contributed by atoms with Gasteiger partial charge in [-0.1, -0.05) is 30.3 Å². The summed E-state index contributed by atoms with van der Waals surface area (Å²) in [7, 11) is 0.991. The monoisotopic (exact) mass is 362 g/mol. The highest BCUT2D eigenvalue weighted by molar-refractivity contribution is 7.89. The smallest absolute Gasteiger partial charge is 0.242 e. The summed E-state index contributed by atoms with van der Waals surface area (Å²) in [5.41, 5.74) is 1.41. The summed E-state index contributed by atoms with van der Waals surface area (Å²) in [6.07, 6.45) is 0.215. The van der Waals surface area contributed by atoms with Gasteiger partial charge in [-0.2, -0.15) is 0 Å². The van der Waals surface area contributed by atoms with Crippen LogP contribution in [0.4, 0.5) is 0 Å². The van der Waals surface area contributed by atoms with Crippen molar-refractivity contribution in [1.82, 2.24) is 9.62 Å². The Kier molecular flexibility index (Phi) is 6.17. The number of carbonyl (C=O) groups excluding carboxylic acids is 1. The minimum atomic E-state index is -3.55. The maximum atomic E-state index is 12.4. The molecule has 0 radical (unpaired) electrons. The normalized spacial score (nSPS) is 11.4. The van der Waals surface area contributed by atoms with Crippen molar-refractivity contribution in [1.29, 1.82) is 0 Å². The van der Waals surface area contributed by atoms with Crippen molar-refractivity contribution in [2.45, 2.75) is 17.9 Å². The summed E-state index contributed by atoms with van der Waals surface area (Å²) >= 11 is 0. The second-order valence-corrected chi connectivity index (χ2v) is 7.82. The van der Waals surface area contributed by atoms with Gasteiger partial charge in [-0.25, -0.2) is 12.7 Å². The maximum absolute atomic E-state index is 12.4. The van der Waals surface area contributed by atoms with E-state index < -0.39 is 10.0 Å². The Morgan fingerprint density at radius 3 is 2.32 bits per heavy atom. The molecule has 1 N–H and O–H groups in total. The molecule has 0 bridgehead atoms. The third-order valence-corrected chi connectivity index (χ3v) is 5.65. The van der Waals surface area contributed by atoms with E-state index >= 15 is 0 Å². The summed E-state index contributed by atoms with van der Waals surface area (Å²) in [4.78, 5) is 12.3. The first-order chi connectivity index (χ1) is 11.8. The van der Waals surface area contributed by atoms with Crippen LogP contribution < -0.4 is 10.1 Å². The van der Waals surface area contributed by atoms with Gasteiger partial charge in [0.1, 0.15) is 5.75 Å². The van der Waals surface area contributed by atoms with Crippen LogP contribution in [0.25, 0.3) is 0 Å². The molecule has 2 aromatic rings. The molecule has 2 rings (SSSR count). The molecule has 0 spiro atoms. The van der Waals surface area contributed by atoms with Crippen molar-refractivity contribution in [3.05, 3.63) is 59.7 Å². The molecule has 0 saturated heterocycles. The number of ether oxygens (including phenoxy) is 1. The highest BCUT2D eigenvalue weighted by Crippen LogP contribution is 2.18. The number of nitrogens with zero attached hydrogens (tertiary/aromatic N) is 1. The predicted octanol–water partition coefficient (Wildman–Crippen LogP) is 1.80. The molecule has 0 fully saturated rings. The first kappa shape index (κ1) is 19.0. The molecule has 0 atom stereocenters. The van der Waals surface area contributed by atoms with Crippen LogP contribution in [0.3, 0.4) is 0 Å². The van der Waals surface area contributed by atoms with Crippen molar-refractivity contribution in [3.63, 3.8) is 0 Å². The fourth-order valence-electron chi connectivity index (χ4n) is 2.28. The van der Waals surface area contributed by atoms with Crippen LogP contribution in [0.5, 0.6) is 5.75 Å². The Bertz CT molecular complexity index is 830. The van der Waals surface area contributed by atoms with Gasteiger partial charge in [-0.05, 0) is 29.3 Å². The summed E-state index contributed by atoms with van der Waals surface area (Å²) in [6, 6.07) is 13.9. The molecule has 7 heteroatoms. The van der Waals surface area contributed by atoms with E-state index in [4.69, 9.17) is 4.74 Å². The first-order valence-corrected chi connectivity index (χ1v) is 9.18. The summed E-state index contributed by atoms with van der Waals surface area (Å²) in [5, 5.41) is 2.77. The van der Waals surface area contributed by atoms with E-state index in [1.807, 2.05) is 12.1 Å². The zero-order valence-electron chi connectivity index (χ0n) is 14.5. The fourth-order valence-corrected chi connectivity index (χ4v) is 3.40. The molecule has 0 heterocycles. The number of hydrogen-bond acceptors (Lipinski definition) is 4. The van der Waals surface area contributed by atoms with Gasteiger partial charge in [-0.3, -0.25) is 4.79 Å². The van der Waals surface area contributed by atoms with Gasteiger partial charge in [0, 0.05) is 20.6 Å². The number of benzene rings is 2. The van der Waals surface area contributed by atoms with Gasteiger partial charge < -0.3 is 10.1 Å². The number of nitrogens with one attached hydrogen (secondary N) is 1. The van der Waals surface area contributed by atoms with Crippen LogP contribution in [0.15, 0.2) is 53.4 Å². The quantitative estimate of drug-likeness (QED) is 0.815. The second-order valence-electron chi connectivity index (χ2n) is 5.70. The van der Waals surface area contributed by atoms with Gasteiger partial charge in [0.05, 0.1) is 18.4 Å². The van der Waals surface area contributed by atoms with Gasteiger partial charge in [0.2, 0.25) is 15.9 Å². The molecular weight excluding hydrogens is 340 g/mol. The lowest BCUT2D eigenvalue weighted by atomic mass is 10.1. The van der Waals surface area contributed by atoms with Crippen molar-refractivity contribution in [3.8, 4) is 5.75 Å². The Morgan fingerprint density at radius 1 is 1.08 bits per heavy atom. The molecule has 0 aliphatic rings. The van der Waals surface area contributed by atoms with Crippen molar-refractivity contribution in [2.75, 3.05) is 21.2 Å². The minimum Gasteiger partial charge on any atom is -0.497 e. The maximum Gasteiger partial charge on any atom is 0.242 e. The summed E-state index contributed by atoms with van der Waals surface area (Å²) < 4.78 is 30.9. The van der Waals surface area contributed by atoms with Crippen molar-refractivity contribution >= 4 is 15.9 Å². The highest BCUT2D eigenvalue weighted by atomic mass is 32.2. The number of amides is 1. The Hall–Kier alpha value is -2.38. The van der Waals surface area contributed by atoms with Crippen LogP contribution in [-0.2, 0) is 27.8 Å². The summed E-state index contributed by atoms with van der Waals surface area (Å²) in [5.74, 6) is 0.550. The van der Waals surface area contributed by atoms with Crippen molar-refractivity contribution < 1.29 is 17.9 Å². The minimum absolute atomic E-state index is 0.151. The van der Waals surface area contributed by atoms with Gasteiger partial charge in [-0.15, -0.1) is 0 Å². The predicted molar refractivity (Wildman–Crippen MR) is 95.9 cm³/mol. The van der Waals surface area contributed by atoms with Gasteiger partial charge >= 0.3 is 0 Å². The first-order valence-electron chi connectivity index (χ1n) is 7.74. The SMILES string of the molecule is COc1ccc(CC(=O)NCc2ccccc2S(=O)(=O)N(C)C)cc1. The van der Waals surface area contributed by atoms with E-state index in [0.29, 0.717) is 5.56 Å². The lowest BCUT2D eigenvalue weighted by Crippen LogP contribution is -2.27. The molecule has 25 heavy (non-hydrogen) atoms. The highest BCUT2D eigenvalue weighted by Gasteiger charge is 2.20. The van der Waals surface area contributed by atoms with Gasteiger partial charge in [0.15, 0.2) is 0 Å². The molecular formula is C18H22N2O4S. The molecule has 0 aliphatic carbocycles. The molecule has 6 nitrogen and oxygen atoms in total. The third kappa shape index (κ3) is 4.80. The Labute approximate surface area is 148 Å². The van der Waals surface area contributed by atoms with E-state index in [2.05, 4.69) is 5.32 Å². The van der Waals surface area contributed by atoms with Crippen LogP contribution in [0.2, 0.25) is 0 Å². The Balaban J connectivity index is 2.05. The molecule has 0 aliphatic heterocycles. The largest absolute Gasteiger partial charge is 0.497 e. The van der Waals surface area contributed by atoms with E-state index in [1.54, 1.807) is 43.5 Å². The fraction of sp³-hybridized carbons (Fsp3) is 0.278. The molecule has 0 unspecified atom stereocenters. The van der Waals surface area contributed by atoms with E-state index in [0.717, 1.165) is 15.6 Å². The van der Waals surface area contributed by atoms with E-state index in [9.17, 15) is 13.2 Å². The average molecular weight is 362 g/mol. The lowest BCUT2D eigenvalue weighted by Gasteiger charge is -2.15. The van der Waals surface area contributed by atoms with Crippen LogP contribution in [0.1, 0.15) is 11.1 Å². The average Bonchev–Trinajstić information content (AvgIpc) is 2.60. The lowest BCUT2D eigenvalue weighted by molar-refractivity contribution is -0.120. The standard InChI is InChI=1S/C18H22N2O4S/c1-20(2)25(22,23)17-7-5-4-6-15(17)13-19-18(21)12-14-8-10-16(24-3)11-9-14/h4-11H,12-13H2,1-3H3,(H,19,21). The molecule has 2 aromatic carbocycles. The molecule has 134 valence electrons.